The van der Waals surface area contributed by atoms with E-state index in [0.29, 0.717) is 5.56 Å². The zero-order valence-electron chi connectivity index (χ0n) is 9.34. The Bertz CT molecular complexity index is 398. The summed E-state index contributed by atoms with van der Waals surface area (Å²) in [6, 6.07) is 7.27. The first kappa shape index (κ1) is 13.0. The number of aliphatic hydroxyl groups excluding tert-OH is 2. The quantitative estimate of drug-likeness (QED) is 0.787. The average molecular weight is 237 g/mol. The number of nitrogens with zero attached hydrogens (tertiary/aromatic N) is 1. The molecule has 0 bridgehead atoms. The van der Waals surface area contributed by atoms with Crippen LogP contribution < -0.4 is 0 Å². The molecule has 0 aliphatic rings. The highest BCUT2D eigenvalue weighted by atomic mass is 32.2. The van der Waals surface area contributed by atoms with Crippen molar-refractivity contribution in [2.24, 2.45) is 0 Å². The minimum atomic E-state index is -0.568. The number of thioether (sulfide) groups is 1. The number of rotatable bonds is 4. The summed E-state index contributed by atoms with van der Waals surface area (Å²) in [7, 11) is 0. The minimum Gasteiger partial charge on any atom is -0.395 e. The van der Waals surface area contributed by atoms with E-state index in [1.807, 2.05) is 6.92 Å². The van der Waals surface area contributed by atoms with Crippen LogP contribution in [0.25, 0.3) is 0 Å². The molecule has 0 aliphatic carbocycles. The Morgan fingerprint density at radius 1 is 1.44 bits per heavy atom. The second kappa shape index (κ2) is 5.90. The van der Waals surface area contributed by atoms with Gasteiger partial charge in [-0.05, 0) is 24.6 Å². The fraction of sp³-hybridized carbons (Fsp3) is 0.417. The maximum atomic E-state index is 9.59. The van der Waals surface area contributed by atoms with E-state index in [1.54, 1.807) is 25.1 Å². The molecule has 0 heterocycles. The molecule has 0 spiro atoms. The van der Waals surface area contributed by atoms with Crippen LogP contribution in [0.3, 0.4) is 0 Å². The molecule has 2 unspecified atom stereocenters. The molecule has 0 fully saturated rings. The molecule has 2 N–H and O–H groups in total. The zero-order valence-corrected chi connectivity index (χ0v) is 10.2. The molecule has 0 amide bonds. The molecule has 3 nitrogen and oxygen atoms in total. The fourth-order valence-corrected chi connectivity index (χ4v) is 2.38. The second-order valence-corrected chi connectivity index (χ2v) is 5.13. The molecule has 1 aromatic rings. The van der Waals surface area contributed by atoms with E-state index in [9.17, 15) is 5.11 Å². The molecular weight excluding hydrogens is 222 g/mol. The van der Waals surface area contributed by atoms with Gasteiger partial charge in [0.05, 0.1) is 24.3 Å². The van der Waals surface area contributed by atoms with Gasteiger partial charge in [0.1, 0.15) is 0 Å². The highest BCUT2D eigenvalue weighted by Gasteiger charge is 2.12. The van der Waals surface area contributed by atoms with Gasteiger partial charge in [-0.3, -0.25) is 0 Å². The Hall–Kier alpha value is -1.02. The van der Waals surface area contributed by atoms with Crippen molar-refractivity contribution >= 4 is 11.8 Å². The van der Waals surface area contributed by atoms with E-state index in [-0.39, 0.29) is 11.9 Å². The summed E-state index contributed by atoms with van der Waals surface area (Å²) in [6.07, 6.45) is -0.568. The van der Waals surface area contributed by atoms with Gasteiger partial charge in [0.2, 0.25) is 0 Å². The second-order valence-electron chi connectivity index (χ2n) is 3.65. The molecule has 16 heavy (non-hydrogen) atoms. The number of hydrogen-bond acceptors (Lipinski definition) is 4. The molecule has 0 aromatic heterocycles. The molecule has 86 valence electrons. The van der Waals surface area contributed by atoms with Crippen molar-refractivity contribution in [1.29, 1.82) is 5.26 Å². The lowest BCUT2D eigenvalue weighted by molar-refractivity contribution is 0.196. The Morgan fingerprint density at radius 3 is 2.62 bits per heavy atom. The largest absolute Gasteiger partial charge is 0.395 e. The first-order valence-electron chi connectivity index (χ1n) is 5.08. The van der Waals surface area contributed by atoms with E-state index in [4.69, 9.17) is 10.4 Å². The van der Waals surface area contributed by atoms with Gasteiger partial charge in [0, 0.05) is 10.1 Å². The van der Waals surface area contributed by atoms with Crippen molar-refractivity contribution in [3.05, 3.63) is 29.3 Å². The molecule has 0 saturated heterocycles. The summed E-state index contributed by atoms with van der Waals surface area (Å²) in [5, 5.41) is 27.5. The van der Waals surface area contributed by atoms with Gasteiger partial charge < -0.3 is 10.2 Å². The predicted molar refractivity (Wildman–Crippen MR) is 64.2 cm³/mol. The third-order valence-corrected chi connectivity index (χ3v) is 3.34. The van der Waals surface area contributed by atoms with Crippen LogP contribution in [0.5, 0.6) is 0 Å². The standard InChI is InChI=1S/C12H15NO2S/c1-8(7-14)16-12-5-10(6-13)3-4-11(12)9(2)15/h3-5,8-9,14-15H,7H2,1-2H3. The summed E-state index contributed by atoms with van der Waals surface area (Å²) >= 11 is 1.47. The van der Waals surface area contributed by atoms with Crippen LogP contribution in [0.1, 0.15) is 31.1 Å². The molecular formula is C12H15NO2S. The molecule has 4 heteroatoms. The lowest BCUT2D eigenvalue weighted by Gasteiger charge is -2.14. The first-order chi connectivity index (χ1) is 7.58. The van der Waals surface area contributed by atoms with Crippen LogP contribution in [0, 0.1) is 11.3 Å². The molecule has 0 saturated carbocycles. The molecule has 0 radical (unpaired) electrons. The van der Waals surface area contributed by atoms with Gasteiger partial charge in [-0.15, -0.1) is 11.8 Å². The van der Waals surface area contributed by atoms with Crippen LogP contribution in [0.15, 0.2) is 23.1 Å². The predicted octanol–water partition coefficient (Wildman–Crippen LogP) is 2.08. The minimum absolute atomic E-state index is 0.0476. The molecule has 1 rings (SSSR count). The summed E-state index contributed by atoms with van der Waals surface area (Å²) in [5.41, 5.74) is 1.36. The van der Waals surface area contributed by atoms with E-state index >= 15 is 0 Å². The Morgan fingerprint density at radius 2 is 2.12 bits per heavy atom. The number of hydrogen-bond donors (Lipinski definition) is 2. The van der Waals surface area contributed by atoms with Crippen molar-refractivity contribution < 1.29 is 10.2 Å². The van der Waals surface area contributed by atoms with Gasteiger partial charge in [-0.25, -0.2) is 0 Å². The Kier molecular flexibility index (Phi) is 4.81. The van der Waals surface area contributed by atoms with Gasteiger partial charge in [0.25, 0.3) is 0 Å². The summed E-state index contributed by atoms with van der Waals surface area (Å²) in [6.45, 7) is 3.66. The summed E-state index contributed by atoms with van der Waals surface area (Å²) in [5.74, 6) is 0. The number of nitriles is 1. The lowest BCUT2D eigenvalue weighted by Crippen LogP contribution is -2.04. The molecule has 2 atom stereocenters. The third kappa shape index (κ3) is 3.24. The van der Waals surface area contributed by atoms with Crippen LogP contribution in [-0.4, -0.2) is 22.1 Å². The summed E-state index contributed by atoms with van der Waals surface area (Å²) < 4.78 is 0. The topological polar surface area (TPSA) is 64.2 Å². The fourth-order valence-electron chi connectivity index (χ4n) is 1.31. The number of aliphatic hydroxyl groups is 2. The van der Waals surface area contributed by atoms with Gasteiger partial charge in [-0.1, -0.05) is 13.0 Å². The van der Waals surface area contributed by atoms with Crippen LogP contribution in [0.2, 0.25) is 0 Å². The van der Waals surface area contributed by atoms with Gasteiger partial charge in [0.15, 0.2) is 0 Å². The zero-order chi connectivity index (χ0) is 12.1. The highest BCUT2D eigenvalue weighted by molar-refractivity contribution is 8.00. The SMILES string of the molecule is CC(CO)Sc1cc(C#N)ccc1C(C)O. The van der Waals surface area contributed by atoms with Crippen molar-refractivity contribution in [1.82, 2.24) is 0 Å². The van der Waals surface area contributed by atoms with Crippen molar-refractivity contribution in [3.8, 4) is 6.07 Å². The Balaban J connectivity index is 3.06. The maximum absolute atomic E-state index is 9.59. The van der Waals surface area contributed by atoms with Crippen molar-refractivity contribution in [3.63, 3.8) is 0 Å². The molecule has 1 aromatic carbocycles. The monoisotopic (exact) mass is 237 g/mol. The van der Waals surface area contributed by atoms with E-state index < -0.39 is 6.10 Å². The van der Waals surface area contributed by atoms with E-state index in [0.717, 1.165) is 10.5 Å². The molecule has 0 aliphatic heterocycles. The van der Waals surface area contributed by atoms with Gasteiger partial charge in [-0.2, -0.15) is 5.26 Å². The van der Waals surface area contributed by atoms with Crippen LogP contribution in [-0.2, 0) is 0 Å². The first-order valence-corrected chi connectivity index (χ1v) is 5.96. The van der Waals surface area contributed by atoms with E-state index in [2.05, 4.69) is 6.07 Å². The lowest BCUT2D eigenvalue weighted by atomic mass is 10.1. The van der Waals surface area contributed by atoms with Crippen molar-refractivity contribution in [2.45, 2.75) is 30.1 Å². The smallest absolute Gasteiger partial charge is 0.0992 e. The average Bonchev–Trinajstić information content (AvgIpc) is 2.28. The summed E-state index contributed by atoms with van der Waals surface area (Å²) in [4.78, 5) is 0.857. The number of benzene rings is 1. The highest BCUT2D eigenvalue weighted by Crippen LogP contribution is 2.31. The normalized spacial score (nSPS) is 14.2. The van der Waals surface area contributed by atoms with Crippen LogP contribution >= 0.6 is 11.8 Å². The maximum Gasteiger partial charge on any atom is 0.0992 e. The van der Waals surface area contributed by atoms with Crippen LogP contribution in [0.4, 0.5) is 0 Å². The van der Waals surface area contributed by atoms with E-state index in [1.165, 1.54) is 11.8 Å². The van der Waals surface area contributed by atoms with Gasteiger partial charge >= 0.3 is 0 Å². The Labute approximate surface area is 99.7 Å². The van der Waals surface area contributed by atoms with Crippen molar-refractivity contribution in [2.75, 3.05) is 6.61 Å². The third-order valence-electron chi connectivity index (χ3n) is 2.18.